The first-order chi connectivity index (χ1) is 17.0. The van der Waals surface area contributed by atoms with Gasteiger partial charge in [-0.2, -0.15) is 0 Å². The van der Waals surface area contributed by atoms with Crippen LogP contribution < -0.4 is 9.64 Å². The molecule has 2 heterocycles. The highest BCUT2D eigenvalue weighted by molar-refractivity contribution is 9.10. The van der Waals surface area contributed by atoms with Gasteiger partial charge in [-0.3, -0.25) is 4.79 Å². The smallest absolute Gasteiger partial charge is 0.227 e. The lowest BCUT2D eigenvalue weighted by Crippen LogP contribution is -2.24. The van der Waals surface area contributed by atoms with Gasteiger partial charge in [0.05, 0.1) is 17.6 Å². The van der Waals surface area contributed by atoms with Gasteiger partial charge in [0, 0.05) is 40.6 Å². The zero-order valence-corrected chi connectivity index (χ0v) is 21.9. The van der Waals surface area contributed by atoms with Crippen molar-refractivity contribution in [2.24, 2.45) is 0 Å². The molecule has 4 aromatic rings. The number of aryl methyl sites for hydroxylation is 2. The van der Waals surface area contributed by atoms with Crippen LogP contribution in [0.3, 0.4) is 0 Å². The minimum atomic E-state index is 0.0576. The number of unbranched alkanes of at least 4 members (excludes halogenated alkanes) is 1. The van der Waals surface area contributed by atoms with Crippen molar-refractivity contribution in [1.82, 2.24) is 9.55 Å². The number of fused-ring (bicyclic) bond motifs is 1. The van der Waals surface area contributed by atoms with Crippen molar-refractivity contribution >= 4 is 50.2 Å². The highest BCUT2D eigenvalue weighted by Gasteiger charge is 2.34. The number of carbonyl (C=O) groups is 1. The number of ether oxygens (including phenoxy) is 1. The van der Waals surface area contributed by atoms with Crippen LogP contribution in [0.1, 0.15) is 36.6 Å². The van der Waals surface area contributed by atoms with Crippen LogP contribution >= 0.6 is 27.5 Å². The lowest BCUT2D eigenvalue weighted by molar-refractivity contribution is -0.117. The monoisotopic (exact) mass is 551 g/mol. The summed E-state index contributed by atoms with van der Waals surface area (Å²) in [5, 5.41) is 0.751. The molecule has 1 fully saturated rings. The average Bonchev–Trinajstić information content (AvgIpc) is 3.41. The van der Waals surface area contributed by atoms with Gasteiger partial charge in [-0.05, 0) is 73.9 Å². The summed E-state index contributed by atoms with van der Waals surface area (Å²) >= 11 is 9.62. The van der Waals surface area contributed by atoms with E-state index in [0.29, 0.717) is 19.6 Å². The van der Waals surface area contributed by atoms with Crippen molar-refractivity contribution in [1.29, 1.82) is 0 Å². The van der Waals surface area contributed by atoms with Gasteiger partial charge >= 0.3 is 0 Å². The average molecular weight is 553 g/mol. The molecule has 1 unspecified atom stereocenters. The maximum atomic E-state index is 12.9. The van der Waals surface area contributed by atoms with Crippen LogP contribution in [-0.4, -0.2) is 28.6 Å². The first-order valence-corrected chi connectivity index (χ1v) is 13.1. The van der Waals surface area contributed by atoms with Crippen LogP contribution in [0.5, 0.6) is 5.75 Å². The molecule has 3 aromatic carbocycles. The van der Waals surface area contributed by atoms with Crippen LogP contribution in [0.2, 0.25) is 5.02 Å². The van der Waals surface area contributed by atoms with E-state index >= 15 is 0 Å². The number of rotatable bonds is 8. The van der Waals surface area contributed by atoms with Gasteiger partial charge in [0.2, 0.25) is 5.91 Å². The van der Waals surface area contributed by atoms with Crippen LogP contribution in [0.25, 0.3) is 11.0 Å². The Balaban J connectivity index is 1.28. The second kappa shape index (κ2) is 10.4. The minimum absolute atomic E-state index is 0.0576. The van der Waals surface area contributed by atoms with Crippen LogP contribution in [-0.2, 0) is 11.3 Å². The molecule has 1 aliphatic heterocycles. The number of amides is 1. The molecule has 1 aliphatic rings. The molecule has 0 aliphatic carbocycles. The number of benzene rings is 3. The number of halogens is 2. The summed E-state index contributed by atoms with van der Waals surface area (Å²) in [5.74, 6) is 2.03. The highest BCUT2D eigenvalue weighted by Crippen LogP contribution is 2.34. The van der Waals surface area contributed by atoms with E-state index in [2.05, 4.69) is 26.6 Å². The van der Waals surface area contributed by atoms with Gasteiger partial charge in [-0.15, -0.1) is 0 Å². The predicted octanol–water partition coefficient (Wildman–Crippen LogP) is 7.14. The molecule has 1 amide bonds. The molecule has 5 nitrogen and oxygen atoms in total. The quantitative estimate of drug-likeness (QED) is 0.218. The largest absolute Gasteiger partial charge is 0.494 e. The predicted molar refractivity (Wildman–Crippen MR) is 145 cm³/mol. The van der Waals surface area contributed by atoms with E-state index in [1.807, 2.05) is 72.5 Å². The van der Waals surface area contributed by atoms with Gasteiger partial charge < -0.3 is 14.2 Å². The van der Waals surface area contributed by atoms with Crippen LogP contribution in [0, 0.1) is 6.92 Å². The van der Waals surface area contributed by atoms with Crippen molar-refractivity contribution in [2.45, 2.75) is 38.6 Å². The number of carbonyl (C=O) groups excluding carboxylic acids is 1. The Morgan fingerprint density at radius 1 is 1.09 bits per heavy atom. The Morgan fingerprint density at radius 3 is 2.77 bits per heavy atom. The molecular weight excluding hydrogens is 526 g/mol. The number of hydrogen-bond donors (Lipinski definition) is 0. The Kier molecular flexibility index (Phi) is 7.12. The van der Waals surface area contributed by atoms with Crippen molar-refractivity contribution in [2.75, 3.05) is 18.1 Å². The molecule has 1 atom stereocenters. The van der Waals surface area contributed by atoms with Gasteiger partial charge in [0.25, 0.3) is 0 Å². The summed E-state index contributed by atoms with van der Waals surface area (Å²) in [5.41, 5.74) is 4.03. The van der Waals surface area contributed by atoms with Gasteiger partial charge in [0.1, 0.15) is 11.6 Å². The first-order valence-electron chi connectivity index (χ1n) is 11.9. The Labute approximate surface area is 218 Å². The van der Waals surface area contributed by atoms with E-state index in [1.54, 1.807) is 0 Å². The SMILES string of the molecule is Cc1cc(OCCCCn2c(C3CC(=O)N(c4cccc(Br)c4)C3)nc3ccccc32)ccc1Cl. The zero-order valence-electron chi connectivity index (χ0n) is 19.6. The number of imidazole rings is 1. The highest BCUT2D eigenvalue weighted by atomic mass is 79.9. The van der Waals surface area contributed by atoms with E-state index < -0.39 is 0 Å². The van der Waals surface area contributed by atoms with Gasteiger partial charge in [-0.25, -0.2) is 4.98 Å². The number of anilines is 1. The van der Waals surface area contributed by atoms with Gasteiger partial charge in [0.15, 0.2) is 0 Å². The fourth-order valence-electron chi connectivity index (χ4n) is 4.68. The third-order valence-electron chi connectivity index (χ3n) is 6.47. The number of aromatic nitrogens is 2. The van der Waals surface area contributed by atoms with Crippen molar-refractivity contribution in [3.8, 4) is 5.75 Å². The Morgan fingerprint density at radius 2 is 1.94 bits per heavy atom. The molecular formula is C28H27BrClN3O2. The number of hydrogen-bond acceptors (Lipinski definition) is 3. The van der Waals surface area contributed by atoms with E-state index in [4.69, 9.17) is 21.3 Å². The fraction of sp³-hybridized carbons (Fsp3) is 0.286. The maximum Gasteiger partial charge on any atom is 0.227 e. The van der Waals surface area contributed by atoms with E-state index in [0.717, 1.165) is 62.7 Å². The molecule has 35 heavy (non-hydrogen) atoms. The maximum absolute atomic E-state index is 12.9. The summed E-state index contributed by atoms with van der Waals surface area (Å²) < 4.78 is 9.19. The summed E-state index contributed by atoms with van der Waals surface area (Å²) in [7, 11) is 0. The second-order valence-corrected chi connectivity index (χ2v) is 10.3. The third-order valence-corrected chi connectivity index (χ3v) is 7.39. The summed E-state index contributed by atoms with van der Waals surface area (Å²) in [6.07, 6.45) is 2.34. The lowest BCUT2D eigenvalue weighted by Gasteiger charge is -2.18. The van der Waals surface area contributed by atoms with E-state index in [9.17, 15) is 4.79 Å². The van der Waals surface area contributed by atoms with E-state index in [1.165, 1.54) is 0 Å². The summed E-state index contributed by atoms with van der Waals surface area (Å²) in [4.78, 5) is 19.8. The molecule has 5 rings (SSSR count). The van der Waals surface area contributed by atoms with Crippen molar-refractivity contribution < 1.29 is 9.53 Å². The van der Waals surface area contributed by atoms with E-state index in [-0.39, 0.29) is 11.8 Å². The molecule has 1 saturated heterocycles. The molecule has 0 saturated carbocycles. The molecule has 1 aromatic heterocycles. The molecule has 0 radical (unpaired) electrons. The van der Waals surface area contributed by atoms with Crippen molar-refractivity contribution in [3.05, 3.63) is 87.6 Å². The normalized spacial score (nSPS) is 15.8. The van der Waals surface area contributed by atoms with Crippen LogP contribution in [0.4, 0.5) is 5.69 Å². The lowest BCUT2D eigenvalue weighted by atomic mass is 10.1. The topological polar surface area (TPSA) is 47.4 Å². The molecule has 0 N–H and O–H groups in total. The standard InChI is InChI=1S/C28H27BrClN3O2/c1-19-15-23(11-12-24(19)30)35-14-5-4-13-32-26-10-3-2-9-25(26)31-28(32)20-16-27(34)33(18-20)22-8-6-7-21(29)17-22/h2-3,6-12,15,17,20H,4-5,13-14,16,18H2,1H3. The summed E-state index contributed by atoms with van der Waals surface area (Å²) in [6.45, 7) is 4.09. The number of para-hydroxylation sites is 2. The zero-order chi connectivity index (χ0) is 24.4. The molecule has 0 spiro atoms. The Hall–Kier alpha value is -2.83. The fourth-order valence-corrected chi connectivity index (χ4v) is 5.19. The first kappa shape index (κ1) is 23.9. The molecule has 0 bridgehead atoms. The van der Waals surface area contributed by atoms with Crippen molar-refractivity contribution in [3.63, 3.8) is 0 Å². The third kappa shape index (κ3) is 5.24. The van der Waals surface area contributed by atoms with Crippen LogP contribution in [0.15, 0.2) is 71.2 Å². The Bertz CT molecular complexity index is 1370. The minimum Gasteiger partial charge on any atom is -0.494 e. The summed E-state index contributed by atoms with van der Waals surface area (Å²) in [6, 6.07) is 21.9. The molecule has 7 heteroatoms. The molecule has 180 valence electrons. The number of nitrogens with zero attached hydrogens (tertiary/aromatic N) is 3. The van der Waals surface area contributed by atoms with Gasteiger partial charge in [-0.1, -0.05) is 45.7 Å². The second-order valence-electron chi connectivity index (χ2n) is 8.96.